The SMILES string of the molecule is N#CCCCn1c(CN(Cc2ccccc2)C2CCCc3cccnc32)nc2ccccc21. The largest absolute Gasteiger partial charge is 0.327 e. The molecule has 1 aliphatic rings. The molecule has 2 aromatic carbocycles. The summed E-state index contributed by atoms with van der Waals surface area (Å²) in [6, 6.07) is 25.8. The maximum atomic E-state index is 9.06. The van der Waals surface area contributed by atoms with Crippen molar-refractivity contribution >= 4 is 11.0 Å². The summed E-state index contributed by atoms with van der Waals surface area (Å²) in [5.41, 5.74) is 6.05. The summed E-state index contributed by atoms with van der Waals surface area (Å²) >= 11 is 0. The number of pyridine rings is 1. The highest BCUT2D eigenvalue weighted by Gasteiger charge is 2.28. The Labute approximate surface area is 195 Å². The second-order valence-electron chi connectivity index (χ2n) is 8.78. The molecule has 2 aromatic heterocycles. The van der Waals surface area contributed by atoms with E-state index in [0.717, 1.165) is 55.8 Å². The van der Waals surface area contributed by atoms with Gasteiger partial charge in [0.1, 0.15) is 5.82 Å². The van der Waals surface area contributed by atoms with Crippen LogP contribution < -0.4 is 0 Å². The molecule has 0 aliphatic heterocycles. The quantitative estimate of drug-likeness (QED) is 0.328. The lowest BCUT2D eigenvalue weighted by Crippen LogP contribution is -2.32. The van der Waals surface area contributed by atoms with E-state index in [4.69, 9.17) is 15.2 Å². The number of aromatic nitrogens is 3. The molecule has 1 unspecified atom stereocenters. The molecule has 0 saturated heterocycles. The molecule has 0 amide bonds. The highest BCUT2D eigenvalue weighted by molar-refractivity contribution is 5.75. The van der Waals surface area contributed by atoms with Gasteiger partial charge in [0.2, 0.25) is 0 Å². The summed E-state index contributed by atoms with van der Waals surface area (Å²) < 4.78 is 2.31. The van der Waals surface area contributed by atoms with Gasteiger partial charge in [-0.15, -0.1) is 0 Å². The van der Waals surface area contributed by atoms with Crippen molar-refractivity contribution in [3.8, 4) is 6.07 Å². The van der Waals surface area contributed by atoms with Crippen LogP contribution in [0.5, 0.6) is 0 Å². The van der Waals surface area contributed by atoms with Crippen LogP contribution in [-0.4, -0.2) is 19.4 Å². The number of aryl methyl sites for hydroxylation is 2. The predicted octanol–water partition coefficient (Wildman–Crippen LogP) is 5.81. The fraction of sp³-hybridized carbons (Fsp3) is 0.321. The Bertz CT molecular complexity index is 1250. The molecule has 0 N–H and O–H groups in total. The molecule has 2 heterocycles. The maximum Gasteiger partial charge on any atom is 0.124 e. The average Bonchev–Trinajstić information content (AvgIpc) is 3.21. The molecule has 1 atom stereocenters. The van der Waals surface area contributed by atoms with Gasteiger partial charge in [0.25, 0.3) is 0 Å². The minimum Gasteiger partial charge on any atom is -0.327 e. The van der Waals surface area contributed by atoms with Gasteiger partial charge in [-0.3, -0.25) is 9.88 Å². The number of hydrogen-bond acceptors (Lipinski definition) is 4. The van der Waals surface area contributed by atoms with Crippen molar-refractivity contribution in [2.24, 2.45) is 0 Å². The summed E-state index contributed by atoms with van der Waals surface area (Å²) in [5, 5.41) is 9.06. The first kappa shape index (κ1) is 21.4. The lowest BCUT2D eigenvalue weighted by atomic mass is 9.90. The monoisotopic (exact) mass is 435 g/mol. The summed E-state index contributed by atoms with van der Waals surface area (Å²) in [4.78, 5) is 12.4. The van der Waals surface area contributed by atoms with Gasteiger partial charge < -0.3 is 4.57 Å². The second-order valence-corrected chi connectivity index (χ2v) is 8.78. The highest BCUT2D eigenvalue weighted by Crippen LogP contribution is 2.35. The third kappa shape index (κ3) is 4.67. The summed E-state index contributed by atoms with van der Waals surface area (Å²) in [6.07, 6.45) is 6.69. The lowest BCUT2D eigenvalue weighted by Gasteiger charge is -2.35. The molecule has 0 fully saturated rings. The number of hydrogen-bond donors (Lipinski definition) is 0. The molecule has 0 saturated carbocycles. The molecular formula is C28H29N5. The van der Waals surface area contributed by atoms with Gasteiger partial charge in [0.05, 0.1) is 35.4 Å². The molecule has 0 spiro atoms. The zero-order valence-electron chi connectivity index (χ0n) is 18.9. The fourth-order valence-electron chi connectivity index (χ4n) is 5.03. The van der Waals surface area contributed by atoms with Crippen LogP contribution in [0.15, 0.2) is 72.9 Å². The Hall–Kier alpha value is -3.49. The van der Waals surface area contributed by atoms with Crippen molar-refractivity contribution in [2.75, 3.05) is 0 Å². The Balaban J connectivity index is 1.52. The zero-order valence-corrected chi connectivity index (χ0v) is 18.9. The van der Waals surface area contributed by atoms with Gasteiger partial charge in [-0.1, -0.05) is 48.5 Å². The number of benzene rings is 2. The van der Waals surface area contributed by atoms with Crippen LogP contribution in [0.2, 0.25) is 0 Å². The standard InChI is InChI=1S/C28H29N5/c29-17-6-7-19-33-25-15-5-4-14-24(25)31-27(33)21-32(20-22-10-2-1-3-11-22)26-16-8-12-23-13-9-18-30-28(23)26/h1-5,9-11,13-15,18,26H,6-8,12,16,19-21H2. The third-order valence-corrected chi connectivity index (χ3v) is 6.58. The molecule has 5 heteroatoms. The number of nitrogens with zero attached hydrogens (tertiary/aromatic N) is 5. The first-order chi connectivity index (χ1) is 16.3. The first-order valence-electron chi connectivity index (χ1n) is 11.9. The van der Waals surface area contributed by atoms with Gasteiger partial charge in [-0.2, -0.15) is 5.26 Å². The van der Waals surface area contributed by atoms with Crippen LogP contribution in [-0.2, 0) is 26.1 Å². The van der Waals surface area contributed by atoms with Crippen molar-refractivity contribution in [3.05, 3.63) is 95.6 Å². The molecule has 33 heavy (non-hydrogen) atoms. The van der Waals surface area contributed by atoms with E-state index >= 15 is 0 Å². The van der Waals surface area contributed by atoms with E-state index in [2.05, 4.69) is 76.2 Å². The first-order valence-corrected chi connectivity index (χ1v) is 11.9. The minimum absolute atomic E-state index is 0.266. The number of para-hydroxylation sites is 2. The van der Waals surface area contributed by atoms with Crippen LogP contribution in [0.3, 0.4) is 0 Å². The van der Waals surface area contributed by atoms with Crippen LogP contribution in [0.25, 0.3) is 11.0 Å². The van der Waals surface area contributed by atoms with Crippen LogP contribution >= 0.6 is 0 Å². The van der Waals surface area contributed by atoms with Crippen molar-refractivity contribution in [1.29, 1.82) is 5.26 Å². The van der Waals surface area contributed by atoms with Gasteiger partial charge in [-0.25, -0.2) is 4.98 Å². The maximum absolute atomic E-state index is 9.06. The van der Waals surface area contributed by atoms with E-state index < -0.39 is 0 Å². The van der Waals surface area contributed by atoms with E-state index in [9.17, 15) is 0 Å². The summed E-state index contributed by atoms with van der Waals surface area (Å²) in [5.74, 6) is 1.06. The predicted molar refractivity (Wildman–Crippen MR) is 130 cm³/mol. The smallest absolute Gasteiger partial charge is 0.124 e. The average molecular weight is 436 g/mol. The molecule has 1 aliphatic carbocycles. The number of imidazole rings is 1. The Morgan fingerprint density at radius 2 is 1.85 bits per heavy atom. The molecule has 166 valence electrons. The van der Waals surface area contributed by atoms with E-state index in [1.807, 2.05) is 12.3 Å². The Kier molecular flexibility index (Phi) is 6.46. The molecule has 0 radical (unpaired) electrons. The van der Waals surface area contributed by atoms with Crippen molar-refractivity contribution in [3.63, 3.8) is 0 Å². The topological polar surface area (TPSA) is 57.7 Å². The van der Waals surface area contributed by atoms with Gasteiger partial charge >= 0.3 is 0 Å². The molecular weight excluding hydrogens is 406 g/mol. The van der Waals surface area contributed by atoms with Crippen molar-refractivity contribution < 1.29 is 0 Å². The highest BCUT2D eigenvalue weighted by atomic mass is 15.2. The molecule has 4 aromatic rings. The minimum atomic E-state index is 0.266. The van der Waals surface area contributed by atoms with Gasteiger partial charge in [0.15, 0.2) is 0 Å². The van der Waals surface area contributed by atoms with Gasteiger partial charge in [0, 0.05) is 25.7 Å². The zero-order chi connectivity index (χ0) is 22.5. The van der Waals surface area contributed by atoms with Crippen LogP contribution in [0.1, 0.15) is 54.4 Å². The Morgan fingerprint density at radius 3 is 2.73 bits per heavy atom. The van der Waals surface area contributed by atoms with Crippen molar-refractivity contribution in [1.82, 2.24) is 19.4 Å². The van der Waals surface area contributed by atoms with Crippen LogP contribution in [0.4, 0.5) is 0 Å². The number of rotatable bonds is 8. The summed E-state index contributed by atoms with van der Waals surface area (Å²) in [6.45, 7) is 2.40. The lowest BCUT2D eigenvalue weighted by molar-refractivity contribution is 0.151. The van der Waals surface area contributed by atoms with E-state index in [1.54, 1.807) is 0 Å². The fourth-order valence-corrected chi connectivity index (χ4v) is 5.03. The number of fused-ring (bicyclic) bond motifs is 2. The third-order valence-electron chi connectivity index (χ3n) is 6.58. The molecule has 5 rings (SSSR count). The molecule has 0 bridgehead atoms. The van der Waals surface area contributed by atoms with Crippen molar-refractivity contribution in [2.45, 2.75) is 57.8 Å². The summed E-state index contributed by atoms with van der Waals surface area (Å²) in [7, 11) is 0. The van der Waals surface area contributed by atoms with Gasteiger partial charge in [-0.05, 0) is 55.0 Å². The van der Waals surface area contributed by atoms with E-state index in [-0.39, 0.29) is 6.04 Å². The Morgan fingerprint density at radius 1 is 1.00 bits per heavy atom. The normalized spacial score (nSPS) is 15.5. The second kappa shape index (κ2) is 9.97. The molecule has 5 nitrogen and oxygen atoms in total. The number of nitriles is 1. The van der Waals surface area contributed by atoms with E-state index in [0.29, 0.717) is 6.42 Å². The van der Waals surface area contributed by atoms with Crippen LogP contribution in [0, 0.1) is 11.3 Å². The number of unbranched alkanes of at least 4 members (excludes halogenated alkanes) is 1. The van der Waals surface area contributed by atoms with E-state index in [1.165, 1.54) is 23.2 Å².